The Hall–Kier alpha value is -2.31. The zero-order valence-corrected chi connectivity index (χ0v) is 10.7. The van der Waals surface area contributed by atoms with Crippen LogP contribution in [0.3, 0.4) is 0 Å². The molecule has 0 spiro atoms. The number of allylic oxidation sites excluding steroid dienone is 2. The maximum Gasteiger partial charge on any atom is 0.511 e. The van der Waals surface area contributed by atoms with Gasteiger partial charge in [-0.25, -0.2) is 4.79 Å². The topological polar surface area (TPSA) is 63.6 Å². The smallest absolute Gasteiger partial charge is 0.449 e. The number of benzene rings is 1. The highest BCUT2D eigenvalue weighted by Gasteiger charge is 2.31. The van der Waals surface area contributed by atoms with Gasteiger partial charge in [-0.1, -0.05) is 12.1 Å². The van der Waals surface area contributed by atoms with E-state index in [-0.39, 0.29) is 30.3 Å². The fourth-order valence-electron chi connectivity index (χ4n) is 2.22. The molecular weight excluding hydrogens is 289 g/mol. The second-order valence-corrected chi connectivity index (χ2v) is 4.67. The highest BCUT2D eigenvalue weighted by atomic mass is 19.4. The SMILES string of the molecule is O=C1C=C(OC(=O)O)CC(c2ccc(C(F)(F)F)cc2)C1. The van der Waals surface area contributed by atoms with Crippen molar-refractivity contribution in [1.29, 1.82) is 0 Å². The van der Waals surface area contributed by atoms with E-state index in [1.807, 2.05) is 0 Å². The average molecular weight is 300 g/mol. The van der Waals surface area contributed by atoms with Crippen LogP contribution >= 0.6 is 0 Å². The highest BCUT2D eigenvalue weighted by molar-refractivity contribution is 5.92. The number of ether oxygens (including phenoxy) is 1. The van der Waals surface area contributed by atoms with Gasteiger partial charge in [-0.2, -0.15) is 13.2 Å². The van der Waals surface area contributed by atoms with Crippen LogP contribution in [0, 0.1) is 0 Å². The van der Waals surface area contributed by atoms with Gasteiger partial charge in [0.15, 0.2) is 5.78 Å². The summed E-state index contributed by atoms with van der Waals surface area (Å²) in [4.78, 5) is 22.0. The summed E-state index contributed by atoms with van der Waals surface area (Å²) in [5.41, 5.74) is -0.234. The molecule has 0 aromatic heterocycles. The van der Waals surface area contributed by atoms with Crippen molar-refractivity contribution < 1.29 is 32.6 Å². The molecule has 1 aliphatic carbocycles. The van der Waals surface area contributed by atoms with Crippen LogP contribution in [0.4, 0.5) is 18.0 Å². The van der Waals surface area contributed by atoms with Gasteiger partial charge >= 0.3 is 12.3 Å². The lowest BCUT2D eigenvalue weighted by Crippen LogP contribution is -2.16. The van der Waals surface area contributed by atoms with E-state index in [2.05, 4.69) is 4.74 Å². The largest absolute Gasteiger partial charge is 0.511 e. The Labute approximate surface area is 117 Å². The summed E-state index contributed by atoms with van der Waals surface area (Å²) in [5.74, 6) is -0.704. The minimum absolute atomic E-state index is 0.00338. The molecule has 1 unspecified atom stereocenters. The standard InChI is InChI=1S/C14H11F3O4/c15-14(16,17)10-3-1-8(2-4-10)9-5-11(18)7-12(6-9)21-13(19)20/h1-4,7,9H,5-6H2,(H,19,20). The number of rotatable bonds is 2. The highest BCUT2D eigenvalue weighted by Crippen LogP contribution is 2.34. The Morgan fingerprint density at radius 1 is 1.19 bits per heavy atom. The van der Waals surface area contributed by atoms with E-state index < -0.39 is 17.9 Å². The third-order valence-corrected chi connectivity index (χ3v) is 3.14. The Kier molecular flexibility index (Phi) is 4.02. The molecule has 1 aliphatic rings. The van der Waals surface area contributed by atoms with Gasteiger partial charge in [0.1, 0.15) is 5.76 Å². The van der Waals surface area contributed by atoms with Crippen LogP contribution in [0.5, 0.6) is 0 Å². The molecule has 0 heterocycles. The number of carbonyl (C=O) groups excluding carboxylic acids is 1. The Morgan fingerprint density at radius 3 is 2.33 bits per heavy atom. The van der Waals surface area contributed by atoms with E-state index >= 15 is 0 Å². The zero-order chi connectivity index (χ0) is 15.6. The predicted octanol–water partition coefficient (Wildman–Crippen LogP) is 3.73. The van der Waals surface area contributed by atoms with E-state index in [4.69, 9.17) is 5.11 Å². The third-order valence-electron chi connectivity index (χ3n) is 3.14. The van der Waals surface area contributed by atoms with Gasteiger partial charge in [0.05, 0.1) is 5.56 Å². The molecular formula is C14H11F3O4. The number of hydrogen-bond donors (Lipinski definition) is 1. The molecule has 0 amide bonds. The number of carbonyl (C=O) groups is 2. The van der Waals surface area contributed by atoms with Crippen LogP contribution < -0.4 is 0 Å². The van der Waals surface area contributed by atoms with Gasteiger partial charge < -0.3 is 9.84 Å². The normalized spacial score (nSPS) is 19.1. The fourth-order valence-corrected chi connectivity index (χ4v) is 2.22. The first kappa shape index (κ1) is 15.1. The van der Waals surface area contributed by atoms with Crippen molar-refractivity contribution in [3.8, 4) is 0 Å². The quantitative estimate of drug-likeness (QED) is 0.845. The third kappa shape index (κ3) is 3.84. The summed E-state index contributed by atoms with van der Waals surface area (Å²) in [6.45, 7) is 0. The first-order chi connectivity index (χ1) is 9.75. The fraction of sp³-hybridized carbons (Fsp3) is 0.286. The average Bonchev–Trinajstić information content (AvgIpc) is 2.36. The van der Waals surface area contributed by atoms with Crippen LogP contribution in [-0.4, -0.2) is 17.0 Å². The van der Waals surface area contributed by atoms with E-state index in [0.717, 1.165) is 18.2 Å². The van der Waals surface area contributed by atoms with Gasteiger partial charge in [-0.15, -0.1) is 0 Å². The molecule has 1 N–H and O–H groups in total. The van der Waals surface area contributed by atoms with Crippen molar-refractivity contribution in [3.63, 3.8) is 0 Å². The molecule has 1 aromatic rings. The number of alkyl halides is 3. The Morgan fingerprint density at radius 2 is 1.81 bits per heavy atom. The Bertz CT molecular complexity index is 587. The molecule has 1 atom stereocenters. The predicted molar refractivity (Wildman–Crippen MR) is 65.6 cm³/mol. The van der Waals surface area contributed by atoms with Gasteiger partial charge in [-0.05, 0) is 23.6 Å². The van der Waals surface area contributed by atoms with Crippen LogP contribution in [-0.2, 0) is 15.7 Å². The number of ketones is 1. The summed E-state index contributed by atoms with van der Waals surface area (Å²) >= 11 is 0. The molecule has 4 nitrogen and oxygen atoms in total. The molecule has 2 rings (SSSR count). The molecule has 0 bridgehead atoms. The lowest BCUT2D eigenvalue weighted by Gasteiger charge is -2.21. The van der Waals surface area contributed by atoms with Crippen molar-refractivity contribution >= 4 is 11.9 Å². The summed E-state index contributed by atoms with van der Waals surface area (Å²) < 4.78 is 41.9. The van der Waals surface area contributed by atoms with Crippen molar-refractivity contribution in [2.45, 2.75) is 24.9 Å². The summed E-state index contributed by atoms with van der Waals surface area (Å²) in [5, 5.41) is 8.54. The molecule has 7 heteroatoms. The molecule has 1 aromatic carbocycles. The van der Waals surface area contributed by atoms with Gasteiger partial charge in [0, 0.05) is 18.9 Å². The van der Waals surface area contributed by atoms with E-state index in [9.17, 15) is 22.8 Å². The minimum atomic E-state index is -4.42. The van der Waals surface area contributed by atoms with Crippen molar-refractivity contribution in [1.82, 2.24) is 0 Å². The van der Waals surface area contributed by atoms with Crippen LogP contribution in [0.1, 0.15) is 29.9 Å². The lowest BCUT2D eigenvalue weighted by molar-refractivity contribution is -0.137. The van der Waals surface area contributed by atoms with Crippen LogP contribution in [0.2, 0.25) is 0 Å². The summed E-state index contributed by atoms with van der Waals surface area (Å²) in [6, 6.07) is 4.47. The maximum atomic E-state index is 12.5. The monoisotopic (exact) mass is 300 g/mol. The van der Waals surface area contributed by atoms with Crippen molar-refractivity contribution in [2.24, 2.45) is 0 Å². The molecule has 112 valence electrons. The molecule has 0 fully saturated rings. The first-order valence-corrected chi connectivity index (χ1v) is 6.07. The summed E-state index contributed by atoms with van der Waals surface area (Å²) in [7, 11) is 0. The van der Waals surface area contributed by atoms with E-state index in [0.29, 0.717) is 5.56 Å². The summed E-state index contributed by atoms with van der Waals surface area (Å²) in [6.07, 6.45) is -4.57. The first-order valence-electron chi connectivity index (χ1n) is 6.07. The second-order valence-electron chi connectivity index (χ2n) is 4.67. The number of carboxylic acid groups (broad SMARTS) is 1. The van der Waals surface area contributed by atoms with Crippen molar-refractivity contribution in [2.75, 3.05) is 0 Å². The zero-order valence-electron chi connectivity index (χ0n) is 10.7. The molecule has 0 saturated heterocycles. The van der Waals surface area contributed by atoms with Crippen molar-refractivity contribution in [3.05, 3.63) is 47.2 Å². The van der Waals surface area contributed by atoms with Crippen LogP contribution in [0.25, 0.3) is 0 Å². The molecule has 0 aliphatic heterocycles. The van der Waals surface area contributed by atoms with Crippen LogP contribution in [0.15, 0.2) is 36.1 Å². The van der Waals surface area contributed by atoms with E-state index in [1.54, 1.807) is 0 Å². The van der Waals surface area contributed by atoms with Gasteiger partial charge in [-0.3, -0.25) is 4.79 Å². The number of halogens is 3. The molecule has 21 heavy (non-hydrogen) atoms. The maximum absolute atomic E-state index is 12.5. The molecule has 0 radical (unpaired) electrons. The lowest BCUT2D eigenvalue weighted by atomic mass is 9.86. The van der Waals surface area contributed by atoms with Gasteiger partial charge in [0.2, 0.25) is 0 Å². The second kappa shape index (κ2) is 5.59. The number of hydrogen-bond acceptors (Lipinski definition) is 3. The van der Waals surface area contributed by atoms with E-state index in [1.165, 1.54) is 12.1 Å². The van der Waals surface area contributed by atoms with Gasteiger partial charge in [0.25, 0.3) is 0 Å². The minimum Gasteiger partial charge on any atom is -0.449 e. The molecule has 0 saturated carbocycles. The Balaban J connectivity index is 2.17.